The summed E-state index contributed by atoms with van der Waals surface area (Å²) in [6.07, 6.45) is 0. The number of hydrogen-bond donors (Lipinski definition) is 3. The van der Waals surface area contributed by atoms with Crippen LogP contribution in [-0.2, 0) is 0 Å². The number of nitrogens with one attached hydrogen (secondary N) is 2. The topological polar surface area (TPSA) is 115 Å². The molecule has 0 radical (unpaired) electrons. The van der Waals surface area contributed by atoms with E-state index in [0.29, 0.717) is 19.0 Å². The van der Waals surface area contributed by atoms with Crippen LogP contribution >= 0.6 is 0 Å². The van der Waals surface area contributed by atoms with Crippen LogP contribution in [0.2, 0.25) is 0 Å². The predicted octanol–water partition coefficient (Wildman–Crippen LogP) is 2.44. The first-order valence-corrected chi connectivity index (χ1v) is 7.28. The zero-order valence-corrected chi connectivity index (χ0v) is 13.2. The average molecular weight is 329 g/mol. The van der Waals surface area contributed by atoms with Crippen molar-refractivity contribution >= 4 is 23.0 Å². The number of anilines is 2. The Balaban J connectivity index is 1.77. The van der Waals surface area contributed by atoms with Crippen LogP contribution in [0, 0.1) is 10.1 Å². The van der Waals surface area contributed by atoms with Gasteiger partial charge >= 0.3 is 0 Å². The smallest absolute Gasteiger partial charge is 0.269 e. The van der Waals surface area contributed by atoms with Crippen molar-refractivity contribution in [2.24, 2.45) is 10.7 Å². The zero-order valence-electron chi connectivity index (χ0n) is 13.2. The van der Waals surface area contributed by atoms with Crippen molar-refractivity contribution in [1.29, 1.82) is 0 Å². The summed E-state index contributed by atoms with van der Waals surface area (Å²) in [5.74, 6) is 1.08. The number of methoxy groups -OCH3 is 1. The molecule has 0 saturated carbocycles. The molecule has 4 N–H and O–H groups in total. The second-order valence-corrected chi connectivity index (χ2v) is 4.85. The Kier molecular flexibility index (Phi) is 5.95. The molecule has 0 atom stereocenters. The highest BCUT2D eigenvalue weighted by atomic mass is 16.6. The molecule has 0 saturated heterocycles. The van der Waals surface area contributed by atoms with Crippen LogP contribution in [0.5, 0.6) is 5.75 Å². The molecule has 0 aromatic heterocycles. The number of nitro groups is 1. The molecule has 0 aliphatic carbocycles. The lowest BCUT2D eigenvalue weighted by molar-refractivity contribution is -0.384. The third-order valence-electron chi connectivity index (χ3n) is 3.16. The first-order valence-electron chi connectivity index (χ1n) is 7.28. The molecule has 2 rings (SSSR count). The van der Waals surface area contributed by atoms with Gasteiger partial charge in [0.2, 0.25) is 0 Å². The summed E-state index contributed by atoms with van der Waals surface area (Å²) in [4.78, 5) is 14.3. The number of nitro benzene ring substituents is 1. The summed E-state index contributed by atoms with van der Waals surface area (Å²) < 4.78 is 5.08. The van der Waals surface area contributed by atoms with Crippen LogP contribution < -0.4 is 21.1 Å². The molecule has 2 aromatic carbocycles. The van der Waals surface area contributed by atoms with E-state index in [4.69, 9.17) is 10.5 Å². The first-order chi connectivity index (χ1) is 11.6. The van der Waals surface area contributed by atoms with Gasteiger partial charge in [0.1, 0.15) is 5.75 Å². The molecule has 8 nitrogen and oxygen atoms in total. The molecule has 0 aliphatic heterocycles. The van der Waals surface area contributed by atoms with E-state index in [9.17, 15) is 10.1 Å². The molecule has 24 heavy (non-hydrogen) atoms. The summed E-state index contributed by atoms with van der Waals surface area (Å²) in [6, 6.07) is 13.5. The van der Waals surface area contributed by atoms with Crippen LogP contribution in [0.3, 0.4) is 0 Å². The number of rotatable bonds is 7. The van der Waals surface area contributed by atoms with Crippen molar-refractivity contribution in [3.8, 4) is 5.75 Å². The first kappa shape index (κ1) is 17.1. The van der Waals surface area contributed by atoms with Crippen LogP contribution in [0.25, 0.3) is 0 Å². The van der Waals surface area contributed by atoms with Crippen LogP contribution in [0.1, 0.15) is 0 Å². The number of nitrogens with two attached hydrogens (primary N) is 1. The Morgan fingerprint density at radius 1 is 1.17 bits per heavy atom. The SMILES string of the molecule is COc1ccc(NC(N)=NCCNc2ccc([N+](=O)[O-])cc2)cc1. The third-order valence-corrected chi connectivity index (χ3v) is 3.16. The Morgan fingerprint density at radius 2 is 1.79 bits per heavy atom. The lowest BCUT2D eigenvalue weighted by atomic mass is 10.3. The lowest BCUT2D eigenvalue weighted by Gasteiger charge is -2.07. The lowest BCUT2D eigenvalue weighted by Crippen LogP contribution is -2.23. The van der Waals surface area contributed by atoms with Crippen LogP contribution in [0.4, 0.5) is 17.1 Å². The number of guanidine groups is 1. The minimum atomic E-state index is -0.431. The second kappa shape index (κ2) is 8.37. The molecule has 126 valence electrons. The zero-order chi connectivity index (χ0) is 17.4. The van der Waals surface area contributed by atoms with Gasteiger partial charge in [0.15, 0.2) is 5.96 Å². The minimum absolute atomic E-state index is 0.0616. The third kappa shape index (κ3) is 5.16. The predicted molar refractivity (Wildman–Crippen MR) is 94.7 cm³/mol. The highest BCUT2D eigenvalue weighted by Crippen LogP contribution is 2.15. The van der Waals surface area contributed by atoms with Gasteiger partial charge < -0.3 is 21.1 Å². The quantitative estimate of drug-likeness (QED) is 0.236. The van der Waals surface area contributed by atoms with E-state index in [-0.39, 0.29) is 5.69 Å². The summed E-state index contributed by atoms with van der Waals surface area (Å²) in [6.45, 7) is 1.02. The Morgan fingerprint density at radius 3 is 2.38 bits per heavy atom. The van der Waals surface area contributed by atoms with Gasteiger partial charge in [-0.25, -0.2) is 0 Å². The molecule has 0 fully saturated rings. The number of ether oxygens (including phenoxy) is 1. The number of nitrogens with zero attached hydrogens (tertiary/aromatic N) is 2. The molecule has 0 spiro atoms. The van der Waals surface area contributed by atoms with Crippen LogP contribution in [0.15, 0.2) is 53.5 Å². The van der Waals surface area contributed by atoms with E-state index in [1.54, 1.807) is 19.2 Å². The van der Waals surface area contributed by atoms with Crippen molar-refractivity contribution in [1.82, 2.24) is 0 Å². The van der Waals surface area contributed by atoms with Crippen molar-refractivity contribution in [3.05, 3.63) is 58.6 Å². The Labute approximate surface area is 139 Å². The molecular formula is C16H19N5O3. The minimum Gasteiger partial charge on any atom is -0.497 e. The number of non-ortho nitro benzene ring substituents is 1. The van der Waals surface area contributed by atoms with Crippen molar-refractivity contribution in [3.63, 3.8) is 0 Å². The van der Waals surface area contributed by atoms with Crippen molar-refractivity contribution in [2.45, 2.75) is 0 Å². The van der Waals surface area contributed by atoms with E-state index in [1.807, 2.05) is 24.3 Å². The fourth-order valence-corrected chi connectivity index (χ4v) is 1.94. The standard InChI is InChI=1S/C16H19N5O3/c1-24-15-8-4-13(5-9-15)20-16(17)19-11-10-18-12-2-6-14(7-3-12)21(22)23/h2-9,18H,10-11H2,1H3,(H3,17,19,20). The fraction of sp³-hybridized carbons (Fsp3) is 0.188. The molecular weight excluding hydrogens is 310 g/mol. The maximum absolute atomic E-state index is 10.6. The van der Waals surface area contributed by atoms with E-state index in [0.717, 1.165) is 17.1 Å². The molecule has 2 aromatic rings. The summed E-state index contributed by atoms with van der Waals surface area (Å²) in [5, 5.41) is 16.7. The fourth-order valence-electron chi connectivity index (χ4n) is 1.94. The molecule has 0 bridgehead atoms. The Hall–Kier alpha value is -3.29. The number of aliphatic imine (C=N–C) groups is 1. The largest absolute Gasteiger partial charge is 0.497 e. The van der Waals surface area contributed by atoms with Gasteiger partial charge in [-0.2, -0.15) is 0 Å². The maximum Gasteiger partial charge on any atom is 0.269 e. The van der Waals surface area contributed by atoms with E-state index >= 15 is 0 Å². The van der Waals surface area contributed by atoms with Gasteiger partial charge in [0.25, 0.3) is 5.69 Å². The van der Waals surface area contributed by atoms with Gasteiger partial charge in [-0.3, -0.25) is 15.1 Å². The van der Waals surface area contributed by atoms with Crippen LogP contribution in [-0.4, -0.2) is 31.1 Å². The summed E-state index contributed by atoms with van der Waals surface area (Å²) in [5.41, 5.74) is 7.48. The summed E-state index contributed by atoms with van der Waals surface area (Å²) >= 11 is 0. The van der Waals surface area contributed by atoms with Crippen molar-refractivity contribution < 1.29 is 9.66 Å². The number of benzene rings is 2. The Bertz CT molecular complexity index is 699. The normalized spacial score (nSPS) is 11.0. The highest BCUT2D eigenvalue weighted by Gasteiger charge is 2.03. The van der Waals surface area contributed by atoms with E-state index < -0.39 is 4.92 Å². The van der Waals surface area contributed by atoms with Gasteiger partial charge in [0, 0.05) is 30.1 Å². The highest BCUT2D eigenvalue weighted by molar-refractivity contribution is 5.92. The van der Waals surface area contributed by atoms with Crippen molar-refractivity contribution in [2.75, 3.05) is 30.8 Å². The molecule has 0 heterocycles. The monoisotopic (exact) mass is 329 g/mol. The molecule has 0 unspecified atom stereocenters. The van der Waals surface area contributed by atoms with E-state index in [2.05, 4.69) is 15.6 Å². The van der Waals surface area contributed by atoms with E-state index in [1.165, 1.54) is 12.1 Å². The average Bonchev–Trinajstić information content (AvgIpc) is 2.60. The molecule has 0 aliphatic rings. The maximum atomic E-state index is 10.6. The number of hydrogen-bond acceptors (Lipinski definition) is 5. The van der Waals surface area contributed by atoms with Gasteiger partial charge in [-0.1, -0.05) is 0 Å². The summed E-state index contributed by atoms with van der Waals surface area (Å²) in [7, 11) is 1.61. The van der Waals surface area contributed by atoms with Gasteiger partial charge in [-0.15, -0.1) is 0 Å². The second-order valence-electron chi connectivity index (χ2n) is 4.85. The van der Waals surface area contributed by atoms with Gasteiger partial charge in [0.05, 0.1) is 18.6 Å². The van der Waals surface area contributed by atoms with Gasteiger partial charge in [-0.05, 0) is 36.4 Å². The molecule has 0 amide bonds. The molecule has 8 heteroatoms.